The number of halogens is 3. The van der Waals surface area contributed by atoms with Gasteiger partial charge in [0.2, 0.25) is 0 Å². The minimum absolute atomic E-state index is 0.239. The zero-order valence-electron chi connectivity index (χ0n) is 13.5. The molecule has 7 nitrogen and oxygen atoms in total. The van der Waals surface area contributed by atoms with Crippen LogP contribution in [-0.4, -0.2) is 25.1 Å². The molecule has 3 heterocycles. The number of aromatic nitrogens is 4. The highest BCUT2D eigenvalue weighted by molar-refractivity contribution is 5.69. The number of fused-ring (bicyclic) bond motifs is 1. The van der Waals surface area contributed by atoms with Gasteiger partial charge in [-0.25, -0.2) is 4.98 Å². The van der Waals surface area contributed by atoms with E-state index in [0.717, 1.165) is 22.5 Å². The minimum atomic E-state index is -4.58. The molecule has 3 aromatic heterocycles. The van der Waals surface area contributed by atoms with E-state index < -0.39 is 24.4 Å². The summed E-state index contributed by atoms with van der Waals surface area (Å²) >= 11 is 0. The van der Waals surface area contributed by atoms with Crippen LogP contribution in [0.4, 0.5) is 13.2 Å². The van der Waals surface area contributed by atoms with E-state index in [0.29, 0.717) is 5.65 Å². The summed E-state index contributed by atoms with van der Waals surface area (Å²) in [6.45, 7) is 1.08. The lowest BCUT2D eigenvalue weighted by atomic mass is 10.3. The number of rotatable bonds is 4. The Balaban J connectivity index is 1.66. The standard InChI is InChI=1S/C16H13F3N4O3/c1-10-2-3-13-20-11(6-14(24)23(13)7-10)9-26-15(25)8-22-5-4-12(21-22)16(17,18)19/h2-7H,8-9H2,1H3. The lowest BCUT2D eigenvalue weighted by Gasteiger charge is -2.07. The molecular formula is C16H13F3N4O3. The smallest absolute Gasteiger partial charge is 0.435 e. The van der Waals surface area contributed by atoms with Crippen molar-refractivity contribution in [2.24, 2.45) is 0 Å². The van der Waals surface area contributed by atoms with E-state index in [-0.39, 0.29) is 17.9 Å². The third-order valence-corrected chi connectivity index (χ3v) is 3.46. The molecular weight excluding hydrogens is 353 g/mol. The van der Waals surface area contributed by atoms with Crippen molar-refractivity contribution in [3.63, 3.8) is 0 Å². The summed E-state index contributed by atoms with van der Waals surface area (Å²) in [6.07, 6.45) is -1.91. The summed E-state index contributed by atoms with van der Waals surface area (Å²) in [6, 6.07) is 5.44. The Morgan fingerprint density at radius 1 is 1.27 bits per heavy atom. The van der Waals surface area contributed by atoms with Crippen molar-refractivity contribution in [1.29, 1.82) is 0 Å². The van der Waals surface area contributed by atoms with E-state index in [1.54, 1.807) is 18.3 Å². The Labute approximate surface area is 144 Å². The van der Waals surface area contributed by atoms with Crippen LogP contribution in [0.15, 0.2) is 41.5 Å². The van der Waals surface area contributed by atoms with E-state index in [2.05, 4.69) is 10.1 Å². The fourth-order valence-corrected chi connectivity index (χ4v) is 2.27. The van der Waals surface area contributed by atoms with Crippen molar-refractivity contribution in [1.82, 2.24) is 19.2 Å². The molecule has 0 amide bonds. The summed E-state index contributed by atoms with van der Waals surface area (Å²) in [5.74, 6) is -0.798. The molecule has 3 rings (SSSR count). The molecule has 0 N–H and O–H groups in total. The number of alkyl halides is 3. The molecule has 0 aliphatic carbocycles. The van der Waals surface area contributed by atoms with E-state index in [1.807, 2.05) is 6.92 Å². The molecule has 0 bridgehead atoms. The summed E-state index contributed by atoms with van der Waals surface area (Å²) < 4.78 is 44.6. The summed E-state index contributed by atoms with van der Waals surface area (Å²) in [4.78, 5) is 28.0. The predicted molar refractivity (Wildman–Crippen MR) is 83.2 cm³/mol. The molecule has 0 spiro atoms. The number of hydrogen-bond donors (Lipinski definition) is 0. The zero-order chi connectivity index (χ0) is 18.9. The summed E-state index contributed by atoms with van der Waals surface area (Å²) in [5.41, 5.74) is 0.106. The fourth-order valence-electron chi connectivity index (χ4n) is 2.27. The first-order chi connectivity index (χ1) is 12.2. The molecule has 0 radical (unpaired) electrons. The third kappa shape index (κ3) is 3.90. The Kier molecular flexibility index (Phi) is 4.49. The van der Waals surface area contributed by atoms with E-state index in [9.17, 15) is 22.8 Å². The van der Waals surface area contributed by atoms with Crippen LogP contribution < -0.4 is 5.56 Å². The minimum Gasteiger partial charge on any atom is -0.458 e. The summed E-state index contributed by atoms with van der Waals surface area (Å²) in [7, 11) is 0. The van der Waals surface area contributed by atoms with Crippen molar-refractivity contribution >= 4 is 11.6 Å². The van der Waals surface area contributed by atoms with Gasteiger partial charge in [0.25, 0.3) is 5.56 Å². The normalized spacial score (nSPS) is 11.7. The lowest BCUT2D eigenvalue weighted by Crippen LogP contribution is -2.18. The van der Waals surface area contributed by atoms with Gasteiger partial charge in [-0.1, -0.05) is 6.07 Å². The quantitative estimate of drug-likeness (QED) is 0.660. The summed E-state index contributed by atoms with van der Waals surface area (Å²) in [5, 5.41) is 3.26. The molecule has 0 atom stereocenters. The van der Waals surface area contributed by atoms with Gasteiger partial charge >= 0.3 is 12.1 Å². The molecule has 0 saturated heterocycles. The molecule has 0 aromatic carbocycles. The Bertz CT molecular complexity index is 1020. The number of hydrogen-bond acceptors (Lipinski definition) is 5. The Hall–Kier alpha value is -3.17. The molecule has 26 heavy (non-hydrogen) atoms. The number of ether oxygens (including phenoxy) is 1. The second-order valence-electron chi connectivity index (χ2n) is 5.58. The number of carbonyl (C=O) groups excluding carboxylic acids is 1. The molecule has 0 aliphatic rings. The maximum absolute atomic E-state index is 12.5. The Morgan fingerprint density at radius 2 is 2.04 bits per heavy atom. The van der Waals surface area contributed by atoms with Crippen molar-refractivity contribution in [3.8, 4) is 0 Å². The second kappa shape index (κ2) is 6.62. The molecule has 0 aliphatic heterocycles. The van der Waals surface area contributed by atoms with Crippen molar-refractivity contribution < 1.29 is 22.7 Å². The molecule has 0 saturated carbocycles. The van der Waals surface area contributed by atoms with Crippen molar-refractivity contribution in [2.75, 3.05) is 0 Å². The SMILES string of the molecule is Cc1ccc2nc(COC(=O)Cn3ccc(C(F)(F)F)n3)cc(=O)n2c1. The number of nitrogens with zero attached hydrogens (tertiary/aromatic N) is 4. The van der Waals surface area contributed by atoms with Gasteiger partial charge < -0.3 is 4.74 Å². The number of aryl methyl sites for hydroxylation is 1. The average Bonchev–Trinajstić information content (AvgIpc) is 3.02. The van der Waals surface area contributed by atoms with Gasteiger partial charge in [0.1, 0.15) is 18.8 Å². The van der Waals surface area contributed by atoms with Crippen LogP contribution in [0, 0.1) is 6.92 Å². The van der Waals surface area contributed by atoms with Gasteiger partial charge in [-0.05, 0) is 24.6 Å². The van der Waals surface area contributed by atoms with Crippen LogP contribution in [0.5, 0.6) is 0 Å². The Morgan fingerprint density at radius 3 is 2.73 bits per heavy atom. The maximum atomic E-state index is 12.5. The van der Waals surface area contributed by atoms with Gasteiger partial charge in [-0.15, -0.1) is 0 Å². The highest BCUT2D eigenvalue weighted by Gasteiger charge is 2.33. The first kappa shape index (κ1) is 17.6. The van der Waals surface area contributed by atoms with E-state index >= 15 is 0 Å². The monoisotopic (exact) mass is 366 g/mol. The molecule has 0 unspecified atom stereocenters. The van der Waals surface area contributed by atoms with Crippen molar-refractivity contribution in [3.05, 3.63) is 64.0 Å². The fraction of sp³-hybridized carbons (Fsp3) is 0.250. The highest BCUT2D eigenvalue weighted by Crippen LogP contribution is 2.27. The van der Waals surface area contributed by atoms with Gasteiger partial charge in [0.05, 0.1) is 5.69 Å². The lowest BCUT2D eigenvalue weighted by molar-refractivity contribution is -0.147. The first-order valence-electron chi connectivity index (χ1n) is 7.47. The zero-order valence-corrected chi connectivity index (χ0v) is 13.5. The first-order valence-corrected chi connectivity index (χ1v) is 7.47. The van der Waals surface area contributed by atoms with Crippen LogP contribution >= 0.6 is 0 Å². The van der Waals surface area contributed by atoms with Gasteiger partial charge in [0.15, 0.2) is 5.69 Å². The van der Waals surface area contributed by atoms with Gasteiger partial charge in [0, 0.05) is 18.5 Å². The van der Waals surface area contributed by atoms with Crippen LogP contribution in [0.2, 0.25) is 0 Å². The second-order valence-corrected chi connectivity index (χ2v) is 5.58. The largest absolute Gasteiger partial charge is 0.458 e. The van der Waals surface area contributed by atoms with E-state index in [1.165, 1.54) is 10.5 Å². The molecule has 3 aromatic rings. The van der Waals surface area contributed by atoms with Crippen LogP contribution in [0.1, 0.15) is 17.0 Å². The molecule has 136 valence electrons. The highest BCUT2D eigenvalue weighted by atomic mass is 19.4. The van der Waals surface area contributed by atoms with Crippen molar-refractivity contribution in [2.45, 2.75) is 26.3 Å². The van der Waals surface area contributed by atoms with Crippen LogP contribution in [-0.2, 0) is 28.9 Å². The van der Waals surface area contributed by atoms with Crippen LogP contribution in [0.3, 0.4) is 0 Å². The van der Waals surface area contributed by atoms with Crippen LogP contribution in [0.25, 0.3) is 5.65 Å². The molecule has 0 fully saturated rings. The van der Waals surface area contributed by atoms with E-state index in [4.69, 9.17) is 4.74 Å². The van der Waals surface area contributed by atoms with Gasteiger partial charge in [-0.2, -0.15) is 18.3 Å². The average molecular weight is 366 g/mol. The predicted octanol–water partition coefficient (Wildman–Crippen LogP) is 1.96. The third-order valence-electron chi connectivity index (χ3n) is 3.46. The maximum Gasteiger partial charge on any atom is 0.435 e. The molecule has 10 heteroatoms. The number of carbonyl (C=O) groups is 1. The number of esters is 1. The number of pyridine rings is 1. The van der Waals surface area contributed by atoms with Gasteiger partial charge in [-0.3, -0.25) is 18.7 Å². The topological polar surface area (TPSA) is 78.5 Å².